The average molecular weight is 708 g/mol. The van der Waals surface area contributed by atoms with Crippen LogP contribution in [0.3, 0.4) is 0 Å². The molecule has 0 unspecified atom stereocenters. The summed E-state index contributed by atoms with van der Waals surface area (Å²) < 4.78 is 14.3. The van der Waals surface area contributed by atoms with E-state index in [1.807, 2.05) is 97.1 Å². The summed E-state index contributed by atoms with van der Waals surface area (Å²) in [7, 11) is 0. The van der Waals surface area contributed by atoms with Gasteiger partial charge in [-0.15, -0.1) is 0 Å². The summed E-state index contributed by atoms with van der Waals surface area (Å²) in [6.07, 6.45) is 3.48. The van der Waals surface area contributed by atoms with Crippen molar-refractivity contribution in [1.82, 2.24) is 9.97 Å². The molecule has 0 spiro atoms. The number of halogens is 2. The number of H-pyrrole nitrogens is 2. The van der Waals surface area contributed by atoms with Crippen LogP contribution in [0.15, 0.2) is 130 Å². The van der Waals surface area contributed by atoms with Crippen LogP contribution in [-0.4, -0.2) is 21.5 Å². The van der Waals surface area contributed by atoms with Crippen molar-refractivity contribution in [3.63, 3.8) is 0 Å². The minimum atomic E-state index is -0.427. The molecule has 2 aromatic heterocycles. The number of rotatable bonds is 8. The highest BCUT2D eigenvalue weighted by atomic mass is 79.9. The fourth-order valence-corrected chi connectivity index (χ4v) is 6.21. The molecule has 0 saturated carbocycles. The molecule has 0 aliphatic heterocycles. The average Bonchev–Trinajstić information content (AvgIpc) is 3.65. The van der Waals surface area contributed by atoms with Gasteiger partial charge in [0.15, 0.2) is 11.5 Å². The molecule has 44 heavy (non-hydrogen) atoms. The summed E-state index contributed by atoms with van der Waals surface area (Å²) in [6, 6.07) is 30.6. The van der Waals surface area contributed by atoms with Gasteiger partial charge in [-0.1, -0.05) is 92.5 Å². The monoisotopic (exact) mass is 706 g/mol. The first-order valence-electron chi connectivity index (χ1n) is 13.9. The van der Waals surface area contributed by atoms with Crippen LogP contribution >= 0.6 is 31.9 Å². The second kappa shape index (κ2) is 11.8. The lowest BCUT2D eigenvalue weighted by atomic mass is 9.85. The zero-order valence-electron chi connectivity index (χ0n) is 23.2. The molecular formula is C36H24Br2N2O4. The van der Waals surface area contributed by atoms with Crippen LogP contribution in [0.4, 0.5) is 0 Å². The van der Waals surface area contributed by atoms with Gasteiger partial charge in [0.1, 0.15) is 13.2 Å². The van der Waals surface area contributed by atoms with Crippen LogP contribution in [0.2, 0.25) is 0 Å². The maximum atomic E-state index is 14.7. The van der Waals surface area contributed by atoms with Gasteiger partial charge in [0.25, 0.3) is 0 Å². The third-order valence-corrected chi connectivity index (χ3v) is 8.59. The molecule has 216 valence electrons. The minimum Gasteiger partial charge on any atom is -0.484 e. The predicted octanol–water partition coefficient (Wildman–Crippen LogP) is 8.88. The molecule has 0 fully saturated rings. The number of aromatic nitrogens is 2. The number of allylic oxidation sites excluding steroid dienone is 2. The zero-order valence-corrected chi connectivity index (χ0v) is 26.4. The Morgan fingerprint density at radius 2 is 0.955 bits per heavy atom. The molecule has 2 N–H and O–H groups in total. The van der Waals surface area contributed by atoms with Crippen molar-refractivity contribution in [2.75, 3.05) is 0 Å². The number of aromatic amines is 2. The number of fused-ring (bicyclic) bond motifs is 2. The molecule has 1 aliphatic carbocycles. The largest absolute Gasteiger partial charge is 0.484 e. The Hall–Kier alpha value is -4.66. The quantitative estimate of drug-likeness (QED) is 0.155. The van der Waals surface area contributed by atoms with E-state index in [2.05, 4.69) is 41.8 Å². The van der Waals surface area contributed by atoms with Crippen molar-refractivity contribution >= 4 is 76.4 Å². The van der Waals surface area contributed by atoms with Crippen LogP contribution < -0.4 is 0 Å². The van der Waals surface area contributed by atoms with Crippen LogP contribution in [0.1, 0.15) is 22.3 Å². The summed E-state index contributed by atoms with van der Waals surface area (Å²) in [5, 5.41) is 1.55. The van der Waals surface area contributed by atoms with Gasteiger partial charge in [-0.3, -0.25) is 9.59 Å². The lowest BCUT2D eigenvalue weighted by Crippen LogP contribution is -2.25. The first kappa shape index (κ1) is 28.1. The molecule has 6 aromatic rings. The molecule has 0 radical (unpaired) electrons. The van der Waals surface area contributed by atoms with Crippen molar-refractivity contribution in [3.05, 3.63) is 152 Å². The molecule has 0 saturated heterocycles. The molecule has 2 heterocycles. The topological polar surface area (TPSA) is 84.2 Å². The van der Waals surface area contributed by atoms with E-state index in [0.29, 0.717) is 11.1 Å². The number of ketones is 2. The van der Waals surface area contributed by atoms with Gasteiger partial charge in [-0.25, -0.2) is 0 Å². The predicted molar refractivity (Wildman–Crippen MR) is 178 cm³/mol. The summed E-state index contributed by atoms with van der Waals surface area (Å²) >= 11 is 7.10. The van der Waals surface area contributed by atoms with Gasteiger partial charge in [0, 0.05) is 54.3 Å². The van der Waals surface area contributed by atoms with Gasteiger partial charge in [-0.05, 0) is 47.5 Å². The van der Waals surface area contributed by atoms with Gasteiger partial charge >= 0.3 is 0 Å². The SMILES string of the molecule is O=C1C(OCc2ccccc2)=C(c2c[nH]c3ccc(Br)cc23)C(=O)C(OCc2ccccc2)=C1c1c[nH]c2ccc(Br)cc12. The van der Waals surface area contributed by atoms with Crippen LogP contribution in [-0.2, 0) is 32.3 Å². The first-order chi connectivity index (χ1) is 21.5. The van der Waals surface area contributed by atoms with Gasteiger partial charge in [-0.2, -0.15) is 0 Å². The van der Waals surface area contributed by atoms with E-state index in [1.54, 1.807) is 12.4 Å². The fraction of sp³-hybridized carbons (Fsp3) is 0.0556. The van der Waals surface area contributed by atoms with Crippen molar-refractivity contribution in [1.29, 1.82) is 0 Å². The maximum Gasteiger partial charge on any atom is 0.232 e. The van der Waals surface area contributed by atoms with Gasteiger partial charge in [0.05, 0.1) is 11.1 Å². The lowest BCUT2D eigenvalue weighted by molar-refractivity contribution is -0.118. The van der Waals surface area contributed by atoms with E-state index in [-0.39, 0.29) is 35.9 Å². The summed E-state index contributed by atoms with van der Waals surface area (Å²) in [5.41, 5.74) is 4.81. The molecule has 6 nitrogen and oxygen atoms in total. The third-order valence-electron chi connectivity index (χ3n) is 7.60. The number of ether oxygens (including phenoxy) is 2. The zero-order chi connectivity index (χ0) is 30.2. The fourth-order valence-electron chi connectivity index (χ4n) is 5.48. The normalized spacial score (nSPS) is 13.8. The van der Waals surface area contributed by atoms with Crippen LogP contribution in [0.25, 0.3) is 33.0 Å². The number of nitrogens with one attached hydrogen (secondary N) is 2. The van der Waals surface area contributed by atoms with Crippen molar-refractivity contribution in [2.45, 2.75) is 13.2 Å². The molecule has 4 aromatic carbocycles. The Bertz CT molecular complexity index is 1970. The number of hydrogen-bond acceptors (Lipinski definition) is 4. The van der Waals surface area contributed by atoms with Crippen molar-refractivity contribution < 1.29 is 19.1 Å². The van der Waals surface area contributed by atoms with Crippen LogP contribution in [0, 0.1) is 0 Å². The molecule has 0 bridgehead atoms. The number of carbonyl (C=O) groups excluding carboxylic acids is 2. The number of Topliss-reactive ketones (excluding diaryl/α,β-unsaturated/α-hetero) is 2. The third kappa shape index (κ3) is 5.20. The minimum absolute atomic E-state index is 0.0221. The Labute approximate surface area is 269 Å². The van der Waals surface area contributed by atoms with E-state index in [0.717, 1.165) is 41.9 Å². The highest BCUT2D eigenvalue weighted by Crippen LogP contribution is 2.42. The van der Waals surface area contributed by atoms with Crippen molar-refractivity contribution in [2.24, 2.45) is 0 Å². The summed E-state index contributed by atoms with van der Waals surface area (Å²) in [5.74, 6) is -0.898. The van der Waals surface area contributed by atoms with Crippen LogP contribution in [0.5, 0.6) is 0 Å². The Kier molecular flexibility index (Phi) is 7.54. The second-order valence-corrected chi connectivity index (χ2v) is 12.2. The standard InChI is InChI=1S/C36H24Br2N2O4/c37-23-11-13-29-25(15-23)27(17-39-29)31-34(42)36(44-20-22-9-5-2-6-10-22)32(28-18-40-30-14-12-24(38)16-26(28)30)33(41)35(31)43-19-21-7-3-1-4-8-21/h1-18,39-40H,19-20H2. The Morgan fingerprint density at radius 3 is 1.36 bits per heavy atom. The van der Waals surface area contributed by atoms with Gasteiger partial charge in [0.2, 0.25) is 11.6 Å². The number of benzene rings is 4. The highest BCUT2D eigenvalue weighted by molar-refractivity contribution is 9.10. The molecule has 7 rings (SSSR count). The lowest BCUT2D eigenvalue weighted by Gasteiger charge is -2.24. The molecule has 8 heteroatoms. The summed E-state index contributed by atoms with van der Waals surface area (Å²) in [6.45, 7) is 0.218. The Balaban J connectivity index is 1.43. The number of hydrogen-bond donors (Lipinski definition) is 2. The second-order valence-electron chi connectivity index (χ2n) is 10.4. The molecule has 0 atom stereocenters. The first-order valence-corrected chi connectivity index (χ1v) is 15.5. The maximum absolute atomic E-state index is 14.7. The van der Waals surface area contributed by atoms with E-state index < -0.39 is 11.6 Å². The van der Waals surface area contributed by atoms with E-state index >= 15 is 0 Å². The van der Waals surface area contributed by atoms with Crippen molar-refractivity contribution in [3.8, 4) is 0 Å². The highest BCUT2D eigenvalue weighted by Gasteiger charge is 2.40. The summed E-state index contributed by atoms with van der Waals surface area (Å²) in [4.78, 5) is 35.9. The van der Waals surface area contributed by atoms with E-state index in [1.165, 1.54) is 0 Å². The van der Waals surface area contributed by atoms with E-state index in [4.69, 9.17) is 9.47 Å². The molecular weight excluding hydrogens is 684 g/mol. The smallest absolute Gasteiger partial charge is 0.232 e. The van der Waals surface area contributed by atoms with E-state index in [9.17, 15) is 9.59 Å². The molecule has 1 aliphatic rings. The van der Waals surface area contributed by atoms with Gasteiger partial charge < -0.3 is 19.4 Å². The number of carbonyl (C=O) groups is 2. The molecule has 0 amide bonds. The Morgan fingerprint density at radius 1 is 0.545 bits per heavy atom.